The maximum atomic E-state index is 9.88. The summed E-state index contributed by atoms with van der Waals surface area (Å²) in [6.45, 7) is 1.37. The molecule has 5 nitrogen and oxygen atoms in total. The monoisotopic (exact) mass is 254 g/mol. The lowest BCUT2D eigenvalue weighted by Gasteiger charge is -2.40. The Hall–Kier alpha value is -1.14. The number of para-hydroxylation sites is 1. The molecule has 0 aliphatic carbocycles. The fraction of sp³-hybridized carbons (Fsp3) is 0.538. The lowest BCUT2D eigenvalue weighted by molar-refractivity contribution is -0.256. The molecular formula is C13H18O5. The van der Waals surface area contributed by atoms with Gasteiger partial charge < -0.3 is 24.8 Å². The van der Waals surface area contributed by atoms with Crippen LogP contribution in [-0.2, 0) is 4.74 Å². The molecule has 0 bridgehead atoms. The zero-order valence-corrected chi connectivity index (χ0v) is 10.1. The molecule has 1 aromatic carbocycles. The molecule has 0 saturated carbocycles. The maximum absolute atomic E-state index is 9.88. The summed E-state index contributed by atoms with van der Waals surface area (Å²) in [7, 11) is 0. The zero-order valence-electron chi connectivity index (χ0n) is 10.1. The van der Waals surface area contributed by atoms with Gasteiger partial charge in [-0.2, -0.15) is 0 Å². The Balaban J connectivity index is 2.08. The summed E-state index contributed by atoms with van der Waals surface area (Å²) in [5, 5.41) is 28.7. The number of hydrogen-bond donors (Lipinski definition) is 3. The number of aliphatic hydroxyl groups excluding tert-OH is 3. The first-order valence-electron chi connectivity index (χ1n) is 5.97. The van der Waals surface area contributed by atoms with Crippen LogP contribution in [0.2, 0.25) is 0 Å². The van der Waals surface area contributed by atoms with E-state index in [0.717, 1.165) is 0 Å². The average molecular weight is 254 g/mol. The first-order valence-corrected chi connectivity index (χ1v) is 5.97. The van der Waals surface area contributed by atoms with E-state index < -0.39 is 24.6 Å². The highest BCUT2D eigenvalue weighted by Gasteiger charge is 2.43. The van der Waals surface area contributed by atoms with Crippen molar-refractivity contribution >= 4 is 0 Å². The Labute approximate surface area is 106 Å². The van der Waals surface area contributed by atoms with Gasteiger partial charge >= 0.3 is 0 Å². The Morgan fingerprint density at radius 2 is 1.83 bits per heavy atom. The minimum absolute atomic E-state index is 0.362. The van der Waals surface area contributed by atoms with Crippen molar-refractivity contribution in [3.63, 3.8) is 0 Å². The fourth-order valence-electron chi connectivity index (χ4n) is 1.99. The Bertz CT molecular complexity index is 367. The minimum atomic E-state index is -1.10. The summed E-state index contributed by atoms with van der Waals surface area (Å²) >= 11 is 0. The van der Waals surface area contributed by atoms with Crippen LogP contribution in [0.5, 0.6) is 5.75 Å². The molecule has 0 amide bonds. The number of hydrogen-bond acceptors (Lipinski definition) is 5. The Kier molecular flexibility index (Phi) is 4.19. The molecule has 2 rings (SSSR count). The second-order valence-electron chi connectivity index (χ2n) is 4.50. The topological polar surface area (TPSA) is 79.2 Å². The number of rotatable bonds is 3. The van der Waals surface area contributed by atoms with E-state index in [1.807, 2.05) is 18.2 Å². The quantitative estimate of drug-likeness (QED) is 0.715. The number of aliphatic hydroxyl groups is 3. The van der Waals surface area contributed by atoms with Gasteiger partial charge in [0.15, 0.2) is 0 Å². The predicted octanol–water partition coefficient (Wildman–Crippen LogP) is 0.140. The molecule has 0 aromatic heterocycles. The van der Waals surface area contributed by atoms with E-state index >= 15 is 0 Å². The van der Waals surface area contributed by atoms with Crippen LogP contribution >= 0.6 is 0 Å². The highest BCUT2D eigenvalue weighted by molar-refractivity contribution is 5.21. The molecule has 5 heteroatoms. The SMILES string of the molecule is CC1C(Oc2ccccc2)OC(CO)C(O)C1O. The van der Waals surface area contributed by atoms with E-state index in [1.165, 1.54) is 0 Å². The molecule has 1 aromatic rings. The molecule has 5 unspecified atom stereocenters. The molecule has 1 aliphatic heterocycles. The largest absolute Gasteiger partial charge is 0.465 e. The molecule has 18 heavy (non-hydrogen) atoms. The standard InChI is InChI=1S/C13H18O5/c1-8-11(15)12(16)10(7-14)18-13(8)17-9-5-3-2-4-6-9/h2-6,8,10-16H,7H2,1H3. The van der Waals surface area contributed by atoms with Crippen LogP contribution in [0.15, 0.2) is 30.3 Å². The van der Waals surface area contributed by atoms with Crippen LogP contribution in [0.3, 0.4) is 0 Å². The lowest BCUT2D eigenvalue weighted by Crippen LogP contribution is -2.56. The van der Waals surface area contributed by atoms with Gasteiger partial charge in [-0.3, -0.25) is 0 Å². The van der Waals surface area contributed by atoms with Gasteiger partial charge in [-0.05, 0) is 12.1 Å². The van der Waals surface area contributed by atoms with E-state index in [1.54, 1.807) is 19.1 Å². The summed E-state index contributed by atoms with van der Waals surface area (Å²) in [6, 6.07) is 9.09. The van der Waals surface area contributed by atoms with Crippen LogP contribution in [0.1, 0.15) is 6.92 Å². The second-order valence-corrected chi connectivity index (χ2v) is 4.50. The lowest BCUT2D eigenvalue weighted by atomic mass is 9.92. The van der Waals surface area contributed by atoms with E-state index in [9.17, 15) is 10.2 Å². The van der Waals surface area contributed by atoms with Gasteiger partial charge in [0.25, 0.3) is 0 Å². The Morgan fingerprint density at radius 1 is 1.17 bits per heavy atom. The molecule has 100 valence electrons. The first kappa shape index (κ1) is 13.3. The summed E-state index contributed by atoms with van der Waals surface area (Å²) in [5.41, 5.74) is 0. The van der Waals surface area contributed by atoms with Crippen LogP contribution in [-0.4, -0.2) is 46.5 Å². The number of ether oxygens (including phenoxy) is 2. The summed E-state index contributed by atoms with van der Waals surface area (Å²) in [4.78, 5) is 0. The zero-order chi connectivity index (χ0) is 13.1. The average Bonchev–Trinajstić information content (AvgIpc) is 2.40. The summed E-state index contributed by atoms with van der Waals surface area (Å²) < 4.78 is 11.1. The molecular weight excluding hydrogens is 236 g/mol. The van der Waals surface area contributed by atoms with Gasteiger partial charge in [0, 0.05) is 5.92 Å². The predicted molar refractivity (Wildman–Crippen MR) is 64.0 cm³/mol. The van der Waals surface area contributed by atoms with Crippen molar-refractivity contribution in [1.29, 1.82) is 0 Å². The summed E-state index contributed by atoms with van der Waals surface area (Å²) in [5.74, 6) is 0.234. The highest BCUT2D eigenvalue weighted by atomic mass is 16.7. The molecule has 1 heterocycles. The smallest absolute Gasteiger partial charge is 0.205 e. The highest BCUT2D eigenvalue weighted by Crippen LogP contribution is 2.27. The third-order valence-corrected chi connectivity index (χ3v) is 3.18. The van der Waals surface area contributed by atoms with Crippen molar-refractivity contribution in [1.82, 2.24) is 0 Å². The van der Waals surface area contributed by atoms with Gasteiger partial charge in [0.05, 0.1) is 12.7 Å². The van der Waals surface area contributed by atoms with Gasteiger partial charge in [-0.15, -0.1) is 0 Å². The van der Waals surface area contributed by atoms with Crippen LogP contribution in [0.25, 0.3) is 0 Å². The van der Waals surface area contributed by atoms with Crippen molar-refractivity contribution in [2.75, 3.05) is 6.61 Å². The maximum Gasteiger partial charge on any atom is 0.205 e. The van der Waals surface area contributed by atoms with Gasteiger partial charge in [-0.1, -0.05) is 25.1 Å². The van der Waals surface area contributed by atoms with Gasteiger partial charge in [-0.25, -0.2) is 0 Å². The number of benzene rings is 1. The first-order chi connectivity index (χ1) is 8.63. The second kappa shape index (κ2) is 5.67. The molecule has 0 spiro atoms. The van der Waals surface area contributed by atoms with Crippen molar-refractivity contribution in [2.24, 2.45) is 5.92 Å². The van der Waals surface area contributed by atoms with Crippen LogP contribution < -0.4 is 4.74 Å². The molecule has 5 atom stereocenters. The van der Waals surface area contributed by atoms with E-state index in [4.69, 9.17) is 14.6 Å². The Morgan fingerprint density at radius 3 is 2.44 bits per heavy atom. The van der Waals surface area contributed by atoms with Gasteiger partial charge in [0.1, 0.15) is 18.0 Å². The van der Waals surface area contributed by atoms with Crippen molar-refractivity contribution < 1.29 is 24.8 Å². The van der Waals surface area contributed by atoms with Gasteiger partial charge in [0.2, 0.25) is 6.29 Å². The minimum Gasteiger partial charge on any atom is -0.465 e. The van der Waals surface area contributed by atoms with Crippen molar-refractivity contribution in [3.05, 3.63) is 30.3 Å². The molecule has 1 aliphatic rings. The third kappa shape index (κ3) is 2.64. The molecule has 0 radical (unpaired) electrons. The van der Waals surface area contributed by atoms with Crippen LogP contribution in [0.4, 0.5) is 0 Å². The van der Waals surface area contributed by atoms with Crippen LogP contribution in [0, 0.1) is 5.92 Å². The van der Waals surface area contributed by atoms with E-state index in [0.29, 0.717) is 5.75 Å². The van der Waals surface area contributed by atoms with Crippen molar-refractivity contribution in [2.45, 2.75) is 31.5 Å². The third-order valence-electron chi connectivity index (χ3n) is 3.18. The molecule has 3 N–H and O–H groups in total. The van der Waals surface area contributed by atoms with Crippen molar-refractivity contribution in [3.8, 4) is 5.75 Å². The molecule has 1 fully saturated rings. The fourth-order valence-corrected chi connectivity index (χ4v) is 1.99. The van der Waals surface area contributed by atoms with E-state index in [2.05, 4.69) is 0 Å². The van der Waals surface area contributed by atoms with E-state index in [-0.39, 0.29) is 12.5 Å². The normalized spacial score (nSPS) is 36.3. The molecule has 1 saturated heterocycles. The summed E-state index contributed by atoms with van der Waals surface area (Å²) in [6.07, 6.45) is -3.60.